The standard InChI is InChI=1S/C18H16FN5O4/c1-27-11-7-8-14(15(9-11)28-2)23-18-16(24(25)26)17(20-10-21-18)22-13-6-4-3-5-12(13)19/h3-10H,1-2H3,(H2,20,21,22,23). The lowest BCUT2D eigenvalue weighted by molar-refractivity contribution is -0.383. The van der Waals surface area contributed by atoms with Crippen LogP contribution in [0.1, 0.15) is 0 Å². The number of hydrogen-bond donors (Lipinski definition) is 2. The molecule has 1 heterocycles. The van der Waals surface area contributed by atoms with Gasteiger partial charge in [0.1, 0.15) is 23.6 Å². The second-order valence-electron chi connectivity index (χ2n) is 5.47. The largest absolute Gasteiger partial charge is 0.497 e. The molecule has 2 N–H and O–H groups in total. The lowest BCUT2D eigenvalue weighted by atomic mass is 10.2. The number of methoxy groups -OCH3 is 2. The van der Waals surface area contributed by atoms with Gasteiger partial charge in [0, 0.05) is 6.07 Å². The van der Waals surface area contributed by atoms with E-state index in [1.165, 1.54) is 32.4 Å². The Morgan fingerprint density at radius 2 is 1.68 bits per heavy atom. The highest BCUT2D eigenvalue weighted by Gasteiger charge is 2.24. The van der Waals surface area contributed by atoms with Crippen LogP contribution in [-0.4, -0.2) is 29.1 Å². The molecule has 10 heteroatoms. The quantitative estimate of drug-likeness (QED) is 0.463. The summed E-state index contributed by atoms with van der Waals surface area (Å²) in [5, 5.41) is 17.2. The smallest absolute Gasteiger partial charge is 0.353 e. The van der Waals surface area contributed by atoms with Crippen molar-refractivity contribution in [3.63, 3.8) is 0 Å². The average Bonchev–Trinajstić information content (AvgIpc) is 2.70. The summed E-state index contributed by atoms with van der Waals surface area (Å²) in [6.45, 7) is 0. The third kappa shape index (κ3) is 3.90. The zero-order valence-electron chi connectivity index (χ0n) is 15.0. The van der Waals surface area contributed by atoms with Crippen LogP contribution >= 0.6 is 0 Å². The molecular formula is C18H16FN5O4. The van der Waals surface area contributed by atoms with Crippen molar-refractivity contribution in [1.29, 1.82) is 0 Å². The molecule has 28 heavy (non-hydrogen) atoms. The lowest BCUT2D eigenvalue weighted by Gasteiger charge is -2.13. The molecule has 0 radical (unpaired) electrons. The van der Waals surface area contributed by atoms with Crippen LogP contribution in [-0.2, 0) is 0 Å². The van der Waals surface area contributed by atoms with Gasteiger partial charge in [-0.25, -0.2) is 14.4 Å². The predicted octanol–water partition coefficient (Wildman–Crippen LogP) is 4.03. The minimum absolute atomic E-state index is 0.0530. The van der Waals surface area contributed by atoms with E-state index < -0.39 is 16.4 Å². The Balaban J connectivity index is 2.01. The molecule has 0 atom stereocenters. The number of aromatic nitrogens is 2. The highest BCUT2D eigenvalue weighted by Crippen LogP contribution is 2.37. The number of halogens is 1. The van der Waals surface area contributed by atoms with Gasteiger partial charge in [-0.1, -0.05) is 12.1 Å². The molecule has 0 unspecified atom stereocenters. The Bertz CT molecular complexity index is 1020. The molecule has 0 aliphatic heterocycles. The molecular weight excluding hydrogens is 369 g/mol. The van der Waals surface area contributed by atoms with Crippen LogP contribution in [0.5, 0.6) is 11.5 Å². The first kappa shape index (κ1) is 18.8. The third-order valence-corrected chi connectivity index (χ3v) is 3.79. The minimum Gasteiger partial charge on any atom is -0.497 e. The molecule has 0 fully saturated rings. The molecule has 0 saturated carbocycles. The maximum Gasteiger partial charge on any atom is 0.353 e. The zero-order valence-corrected chi connectivity index (χ0v) is 15.0. The maximum atomic E-state index is 13.9. The number of rotatable bonds is 7. The van der Waals surface area contributed by atoms with Crippen LogP contribution in [0.2, 0.25) is 0 Å². The third-order valence-electron chi connectivity index (χ3n) is 3.79. The molecule has 0 saturated heterocycles. The van der Waals surface area contributed by atoms with Crippen molar-refractivity contribution in [3.05, 3.63) is 64.7 Å². The van der Waals surface area contributed by atoms with Crippen molar-refractivity contribution in [3.8, 4) is 11.5 Å². The van der Waals surface area contributed by atoms with Gasteiger partial charge in [-0.05, 0) is 24.3 Å². The Morgan fingerprint density at radius 1 is 1.00 bits per heavy atom. The van der Waals surface area contributed by atoms with Crippen molar-refractivity contribution in [1.82, 2.24) is 9.97 Å². The van der Waals surface area contributed by atoms with Crippen molar-refractivity contribution in [2.45, 2.75) is 0 Å². The number of para-hydroxylation sites is 1. The Hall–Kier alpha value is -3.95. The van der Waals surface area contributed by atoms with Gasteiger partial charge in [0.25, 0.3) is 0 Å². The summed E-state index contributed by atoms with van der Waals surface area (Å²) in [6, 6.07) is 10.7. The molecule has 2 aromatic carbocycles. The first-order valence-corrected chi connectivity index (χ1v) is 8.03. The molecule has 0 bridgehead atoms. The van der Waals surface area contributed by atoms with E-state index in [0.29, 0.717) is 17.2 Å². The fourth-order valence-electron chi connectivity index (χ4n) is 2.45. The molecule has 9 nitrogen and oxygen atoms in total. The van der Waals surface area contributed by atoms with E-state index in [1.54, 1.807) is 24.3 Å². The van der Waals surface area contributed by atoms with E-state index >= 15 is 0 Å². The second-order valence-corrected chi connectivity index (χ2v) is 5.47. The number of ether oxygens (including phenoxy) is 2. The maximum absolute atomic E-state index is 13.9. The molecule has 0 amide bonds. The number of nitrogens with one attached hydrogen (secondary N) is 2. The summed E-state index contributed by atoms with van der Waals surface area (Å²) in [7, 11) is 2.97. The summed E-state index contributed by atoms with van der Waals surface area (Å²) < 4.78 is 24.3. The molecule has 0 spiro atoms. The highest BCUT2D eigenvalue weighted by atomic mass is 19.1. The van der Waals surface area contributed by atoms with E-state index in [0.717, 1.165) is 6.33 Å². The molecule has 1 aromatic heterocycles. The predicted molar refractivity (Wildman–Crippen MR) is 101 cm³/mol. The van der Waals surface area contributed by atoms with Gasteiger partial charge in [-0.2, -0.15) is 0 Å². The SMILES string of the molecule is COc1ccc(Nc2ncnc(Nc3ccccc3F)c2[N+](=O)[O-])c(OC)c1. The van der Waals surface area contributed by atoms with Crippen molar-refractivity contribution < 1.29 is 18.8 Å². The van der Waals surface area contributed by atoms with E-state index in [4.69, 9.17) is 9.47 Å². The first-order chi connectivity index (χ1) is 13.5. The first-order valence-electron chi connectivity index (χ1n) is 8.03. The molecule has 3 rings (SSSR count). The van der Waals surface area contributed by atoms with Gasteiger partial charge in [0.15, 0.2) is 0 Å². The number of nitro groups is 1. The summed E-state index contributed by atoms with van der Waals surface area (Å²) in [5.74, 6) is 0.154. The minimum atomic E-state index is -0.651. The monoisotopic (exact) mass is 385 g/mol. The normalized spacial score (nSPS) is 10.2. The fourth-order valence-corrected chi connectivity index (χ4v) is 2.45. The van der Waals surface area contributed by atoms with E-state index in [1.807, 2.05) is 0 Å². The Morgan fingerprint density at radius 3 is 2.29 bits per heavy atom. The number of hydrogen-bond acceptors (Lipinski definition) is 8. The van der Waals surface area contributed by atoms with E-state index in [9.17, 15) is 14.5 Å². The van der Waals surface area contributed by atoms with Crippen LogP contribution in [0, 0.1) is 15.9 Å². The van der Waals surface area contributed by atoms with Gasteiger partial charge in [0.2, 0.25) is 11.6 Å². The van der Waals surface area contributed by atoms with Crippen molar-refractivity contribution in [2.24, 2.45) is 0 Å². The topological polar surface area (TPSA) is 111 Å². The zero-order chi connectivity index (χ0) is 20.1. The molecule has 0 aliphatic carbocycles. The summed E-state index contributed by atoms with van der Waals surface area (Å²) >= 11 is 0. The highest BCUT2D eigenvalue weighted by molar-refractivity contribution is 5.78. The summed E-state index contributed by atoms with van der Waals surface area (Å²) in [6.07, 6.45) is 1.13. The molecule has 0 aliphatic rings. The van der Waals surface area contributed by atoms with Crippen LogP contribution < -0.4 is 20.1 Å². The van der Waals surface area contributed by atoms with Crippen LogP contribution in [0.15, 0.2) is 48.8 Å². The molecule has 3 aromatic rings. The van der Waals surface area contributed by atoms with Gasteiger partial charge >= 0.3 is 5.69 Å². The Kier molecular flexibility index (Phi) is 5.49. The average molecular weight is 385 g/mol. The lowest BCUT2D eigenvalue weighted by Crippen LogP contribution is -2.06. The summed E-state index contributed by atoms with van der Waals surface area (Å²) in [4.78, 5) is 18.9. The van der Waals surface area contributed by atoms with Gasteiger partial charge < -0.3 is 20.1 Å². The Labute approximate surface area is 159 Å². The fraction of sp³-hybridized carbons (Fsp3) is 0.111. The van der Waals surface area contributed by atoms with Gasteiger partial charge in [-0.15, -0.1) is 0 Å². The second kappa shape index (κ2) is 8.16. The van der Waals surface area contributed by atoms with E-state index in [2.05, 4.69) is 20.6 Å². The van der Waals surface area contributed by atoms with Gasteiger partial charge in [-0.3, -0.25) is 10.1 Å². The number of benzene rings is 2. The number of anilines is 4. The van der Waals surface area contributed by atoms with E-state index in [-0.39, 0.29) is 17.3 Å². The van der Waals surface area contributed by atoms with Gasteiger partial charge in [0.05, 0.1) is 30.5 Å². The van der Waals surface area contributed by atoms with Crippen molar-refractivity contribution >= 4 is 28.7 Å². The van der Waals surface area contributed by atoms with Crippen LogP contribution in [0.4, 0.5) is 33.1 Å². The molecule has 144 valence electrons. The van der Waals surface area contributed by atoms with Crippen LogP contribution in [0.25, 0.3) is 0 Å². The van der Waals surface area contributed by atoms with Crippen LogP contribution in [0.3, 0.4) is 0 Å². The number of nitrogens with zero attached hydrogens (tertiary/aromatic N) is 3. The van der Waals surface area contributed by atoms with Crippen molar-refractivity contribution in [2.75, 3.05) is 24.9 Å². The summed E-state index contributed by atoms with van der Waals surface area (Å²) in [5.41, 5.74) is 0.0443.